The molecule has 170 valence electrons. The van der Waals surface area contributed by atoms with Crippen LogP contribution in [0.15, 0.2) is 29.2 Å². The maximum absolute atomic E-state index is 9.55. The van der Waals surface area contributed by atoms with Gasteiger partial charge in [-0.1, -0.05) is 32.6 Å². The summed E-state index contributed by atoms with van der Waals surface area (Å²) in [4.78, 5) is 20.3. The predicted octanol–water partition coefficient (Wildman–Crippen LogP) is 4.24. The minimum atomic E-state index is -1.26. The zero-order valence-corrected chi connectivity index (χ0v) is 19.2. The lowest BCUT2D eigenvalue weighted by atomic mass is 10.1. The summed E-state index contributed by atoms with van der Waals surface area (Å²) in [7, 11) is 5.45. The van der Waals surface area contributed by atoms with Gasteiger partial charge in [0.15, 0.2) is 0 Å². The van der Waals surface area contributed by atoms with Crippen molar-refractivity contribution < 1.29 is 29.3 Å². The van der Waals surface area contributed by atoms with Crippen LogP contribution in [0, 0.1) is 0 Å². The second-order valence-electron chi connectivity index (χ2n) is 6.44. The lowest BCUT2D eigenvalue weighted by molar-refractivity contribution is -0.134. The van der Waals surface area contributed by atoms with Gasteiger partial charge < -0.3 is 25.0 Å². The molecule has 1 aromatic rings. The smallest absolute Gasteiger partial charge is 0.328 e. The van der Waals surface area contributed by atoms with E-state index >= 15 is 0 Å². The van der Waals surface area contributed by atoms with E-state index in [1.54, 1.807) is 14.2 Å². The summed E-state index contributed by atoms with van der Waals surface area (Å²) in [5, 5.41) is 18.8. The van der Waals surface area contributed by atoms with Crippen LogP contribution in [0.5, 0.6) is 11.5 Å². The zero-order chi connectivity index (χ0) is 22.8. The average Bonchev–Trinajstić information content (AvgIpc) is 2.73. The van der Waals surface area contributed by atoms with Gasteiger partial charge in [-0.3, -0.25) is 0 Å². The van der Waals surface area contributed by atoms with Crippen molar-refractivity contribution in [3.63, 3.8) is 0 Å². The number of hydrogen-bond donors (Lipinski definition) is 3. The van der Waals surface area contributed by atoms with E-state index in [1.807, 2.05) is 18.8 Å². The number of nitrogens with one attached hydrogen (secondary N) is 1. The third-order valence-corrected chi connectivity index (χ3v) is 5.21. The summed E-state index contributed by atoms with van der Waals surface area (Å²) in [6.07, 6.45) is 8.63. The molecule has 7 nitrogen and oxygen atoms in total. The highest BCUT2D eigenvalue weighted by Gasteiger charge is 2.11. The first-order valence-corrected chi connectivity index (χ1v) is 11.0. The molecule has 0 amide bonds. The van der Waals surface area contributed by atoms with E-state index < -0.39 is 11.9 Å². The van der Waals surface area contributed by atoms with Gasteiger partial charge in [0.25, 0.3) is 0 Å². The summed E-state index contributed by atoms with van der Waals surface area (Å²) in [5.41, 5.74) is 1.20. The molecule has 0 bridgehead atoms. The molecule has 0 saturated carbocycles. The fourth-order valence-electron chi connectivity index (χ4n) is 2.53. The van der Waals surface area contributed by atoms with Crippen molar-refractivity contribution in [2.45, 2.75) is 50.3 Å². The van der Waals surface area contributed by atoms with Crippen molar-refractivity contribution in [3.05, 3.63) is 29.8 Å². The van der Waals surface area contributed by atoms with Crippen molar-refractivity contribution in [1.82, 2.24) is 5.32 Å². The molecule has 0 saturated heterocycles. The van der Waals surface area contributed by atoms with Gasteiger partial charge in [0.05, 0.1) is 19.1 Å². The Morgan fingerprint density at radius 3 is 2.10 bits per heavy atom. The first kappa shape index (κ1) is 27.8. The summed E-state index contributed by atoms with van der Waals surface area (Å²) >= 11 is 1.87. The predicted molar refractivity (Wildman–Crippen MR) is 121 cm³/mol. The largest absolute Gasteiger partial charge is 0.496 e. The monoisotopic (exact) mass is 441 g/mol. The number of hydrogen-bond acceptors (Lipinski definition) is 6. The standard InChI is InChI=1S/C18H31NO2S.C4H4O4/c1-5-6-7-8-9-12-22-18-14-16(20-3)15(10-11-19-2)13-17(18)21-4;5-3(6)1-2-4(7)8/h13-14,19H,5-12H2,1-4H3;1-2H,(H,5,6)(H,7,8)/b;2-1+. The fraction of sp³-hybridized carbons (Fsp3) is 0.545. The van der Waals surface area contributed by atoms with Gasteiger partial charge in [0.1, 0.15) is 11.5 Å². The van der Waals surface area contributed by atoms with Crippen LogP contribution in [-0.4, -0.2) is 55.7 Å². The molecule has 1 aromatic carbocycles. The lowest BCUT2D eigenvalue weighted by Gasteiger charge is -2.14. The van der Waals surface area contributed by atoms with E-state index in [1.165, 1.54) is 42.6 Å². The molecule has 0 atom stereocenters. The normalized spacial score (nSPS) is 10.4. The summed E-state index contributed by atoms with van der Waals surface area (Å²) < 4.78 is 11.1. The van der Waals surface area contributed by atoms with Crippen LogP contribution in [0.4, 0.5) is 0 Å². The average molecular weight is 442 g/mol. The van der Waals surface area contributed by atoms with Gasteiger partial charge in [-0.25, -0.2) is 9.59 Å². The molecule has 0 fully saturated rings. The van der Waals surface area contributed by atoms with E-state index in [2.05, 4.69) is 24.4 Å². The minimum Gasteiger partial charge on any atom is -0.496 e. The Bertz CT molecular complexity index is 647. The molecule has 0 radical (unpaired) electrons. The van der Waals surface area contributed by atoms with E-state index in [-0.39, 0.29) is 0 Å². The van der Waals surface area contributed by atoms with Gasteiger partial charge in [-0.15, -0.1) is 11.8 Å². The van der Waals surface area contributed by atoms with Gasteiger partial charge in [0.2, 0.25) is 0 Å². The molecule has 3 N–H and O–H groups in total. The molecule has 0 aliphatic rings. The third kappa shape index (κ3) is 13.1. The molecule has 0 aliphatic carbocycles. The molecule has 0 unspecified atom stereocenters. The maximum atomic E-state index is 9.55. The Kier molecular flexibility index (Phi) is 16.4. The second kappa shape index (κ2) is 17.7. The SMILES string of the molecule is CCCCCCCSc1cc(OC)c(CCNC)cc1OC.O=C(O)/C=C/C(=O)O. The van der Waals surface area contributed by atoms with Crippen LogP contribution in [0.2, 0.25) is 0 Å². The number of aliphatic carboxylic acids is 2. The van der Waals surface area contributed by atoms with E-state index in [0.717, 1.165) is 30.2 Å². The summed E-state index contributed by atoms with van der Waals surface area (Å²) in [6.45, 7) is 3.19. The number of unbranched alkanes of at least 4 members (excludes halogenated alkanes) is 4. The number of carboxylic acid groups (broad SMARTS) is 2. The fourth-order valence-corrected chi connectivity index (χ4v) is 3.57. The number of methoxy groups -OCH3 is 2. The molecule has 0 aliphatic heterocycles. The molecule has 0 heterocycles. The first-order valence-electron chi connectivity index (χ1n) is 10.1. The molecular formula is C22H35NO6S. The summed E-state index contributed by atoms with van der Waals surface area (Å²) in [6, 6.07) is 4.25. The molecule has 8 heteroatoms. The first-order chi connectivity index (χ1) is 14.4. The van der Waals surface area contributed by atoms with Crippen molar-refractivity contribution in [2.24, 2.45) is 0 Å². The molecule has 1 rings (SSSR count). The highest BCUT2D eigenvalue weighted by Crippen LogP contribution is 2.36. The number of carbonyl (C=O) groups is 2. The van der Waals surface area contributed by atoms with Crippen LogP contribution in [-0.2, 0) is 16.0 Å². The molecule has 30 heavy (non-hydrogen) atoms. The van der Waals surface area contributed by atoms with E-state index in [9.17, 15) is 9.59 Å². The van der Waals surface area contributed by atoms with Crippen molar-refractivity contribution in [2.75, 3.05) is 33.6 Å². The van der Waals surface area contributed by atoms with Gasteiger partial charge in [0, 0.05) is 12.2 Å². The highest BCUT2D eigenvalue weighted by molar-refractivity contribution is 7.99. The second-order valence-corrected chi connectivity index (χ2v) is 7.58. The van der Waals surface area contributed by atoms with Gasteiger partial charge in [-0.2, -0.15) is 0 Å². The Hall–Kier alpha value is -2.19. The number of rotatable bonds is 14. The Morgan fingerprint density at radius 2 is 1.60 bits per heavy atom. The third-order valence-electron chi connectivity index (χ3n) is 4.08. The zero-order valence-electron chi connectivity index (χ0n) is 18.4. The Morgan fingerprint density at radius 1 is 1.00 bits per heavy atom. The van der Waals surface area contributed by atoms with Crippen LogP contribution >= 0.6 is 11.8 Å². The Labute approximate surface area is 183 Å². The number of carboxylic acids is 2. The minimum absolute atomic E-state index is 0.558. The van der Waals surface area contributed by atoms with E-state index in [4.69, 9.17) is 19.7 Å². The van der Waals surface area contributed by atoms with E-state index in [0.29, 0.717) is 12.2 Å². The van der Waals surface area contributed by atoms with Crippen molar-refractivity contribution in [3.8, 4) is 11.5 Å². The Balaban J connectivity index is 0.000000890. The number of likely N-dealkylation sites (N-methyl/N-ethyl adjacent to an activating group) is 1. The molecular weight excluding hydrogens is 406 g/mol. The van der Waals surface area contributed by atoms with Crippen LogP contribution in [0.3, 0.4) is 0 Å². The lowest BCUT2D eigenvalue weighted by Crippen LogP contribution is -2.11. The van der Waals surface area contributed by atoms with Crippen molar-refractivity contribution >= 4 is 23.7 Å². The molecule has 0 spiro atoms. The van der Waals surface area contributed by atoms with Crippen molar-refractivity contribution in [1.29, 1.82) is 0 Å². The topological polar surface area (TPSA) is 105 Å². The van der Waals surface area contributed by atoms with Gasteiger partial charge in [-0.05, 0) is 49.9 Å². The maximum Gasteiger partial charge on any atom is 0.328 e. The van der Waals surface area contributed by atoms with Crippen LogP contribution < -0.4 is 14.8 Å². The number of benzene rings is 1. The quantitative estimate of drug-likeness (QED) is 0.224. The number of thioether (sulfide) groups is 1. The van der Waals surface area contributed by atoms with Gasteiger partial charge >= 0.3 is 11.9 Å². The highest BCUT2D eigenvalue weighted by atomic mass is 32.2. The number of ether oxygens (including phenoxy) is 2. The van der Waals surface area contributed by atoms with Crippen LogP contribution in [0.1, 0.15) is 44.6 Å². The van der Waals surface area contributed by atoms with Crippen LogP contribution in [0.25, 0.3) is 0 Å². The summed E-state index contributed by atoms with van der Waals surface area (Å²) in [5.74, 6) is 0.550. The molecule has 0 aromatic heterocycles.